The number of carbonyl (C=O) groups is 1. The molecule has 0 N–H and O–H groups in total. The highest BCUT2D eigenvalue weighted by atomic mass is 16.2. The lowest BCUT2D eigenvalue weighted by atomic mass is 10.2. The number of likely N-dealkylation sites (N-methyl/N-ethyl adjacent to an activating group) is 1. The van der Waals surface area contributed by atoms with Crippen molar-refractivity contribution in [3.8, 4) is 0 Å². The zero-order valence-electron chi connectivity index (χ0n) is 15.5. The van der Waals surface area contributed by atoms with Crippen molar-refractivity contribution >= 4 is 5.91 Å². The van der Waals surface area contributed by atoms with E-state index in [1.54, 1.807) is 0 Å². The molecule has 0 unspecified atom stereocenters. The summed E-state index contributed by atoms with van der Waals surface area (Å²) in [6.45, 7) is 5.30. The van der Waals surface area contributed by atoms with Gasteiger partial charge in [0, 0.05) is 45.2 Å². The van der Waals surface area contributed by atoms with E-state index in [9.17, 15) is 4.79 Å². The maximum atomic E-state index is 12.3. The van der Waals surface area contributed by atoms with Crippen molar-refractivity contribution in [1.29, 1.82) is 0 Å². The minimum Gasteiger partial charge on any atom is -0.342 e. The number of amides is 1. The van der Waals surface area contributed by atoms with Crippen molar-refractivity contribution in [1.82, 2.24) is 29.5 Å². The maximum Gasteiger partial charge on any atom is 0.236 e. The molecule has 1 amide bonds. The van der Waals surface area contributed by atoms with Gasteiger partial charge in [-0.15, -0.1) is 10.2 Å². The molecule has 0 bridgehead atoms. The van der Waals surface area contributed by atoms with Crippen LogP contribution in [0.4, 0.5) is 0 Å². The van der Waals surface area contributed by atoms with E-state index in [0.29, 0.717) is 24.4 Å². The van der Waals surface area contributed by atoms with Gasteiger partial charge < -0.3 is 9.47 Å². The Hall–Kier alpha value is -1.47. The Labute approximate surface area is 150 Å². The predicted molar refractivity (Wildman–Crippen MR) is 95.1 cm³/mol. The first-order chi connectivity index (χ1) is 12.1. The normalized spacial score (nSPS) is 24.6. The molecule has 7 nitrogen and oxygen atoms in total. The topological polar surface area (TPSA) is 57.5 Å². The maximum absolute atomic E-state index is 12.3. The van der Waals surface area contributed by atoms with Gasteiger partial charge in [0.05, 0.1) is 13.1 Å². The van der Waals surface area contributed by atoms with Crippen molar-refractivity contribution < 1.29 is 4.79 Å². The van der Waals surface area contributed by atoms with Gasteiger partial charge in [0.15, 0.2) is 0 Å². The Bertz CT molecular complexity index is 619. The molecule has 0 aromatic carbocycles. The number of aromatic nitrogens is 3. The Morgan fingerprint density at radius 1 is 1.16 bits per heavy atom. The molecule has 1 aromatic heterocycles. The summed E-state index contributed by atoms with van der Waals surface area (Å²) >= 11 is 0. The molecule has 1 aliphatic carbocycles. The molecule has 2 saturated heterocycles. The number of rotatable bonds is 6. The minimum atomic E-state index is 0.308. The predicted octanol–water partition coefficient (Wildman–Crippen LogP) is 0.821. The van der Waals surface area contributed by atoms with Crippen LogP contribution in [0.3, 0.4) is 0 Å². The van der Waals surface area contributed by atoms with Crippen molar-refractivity contribution in [3.05, 3.63) is 11.6 Å². The summed E-state index contributed by atoms with van der Waals surface area (Å²) in [5, 5.41) is 8.79. The molecule has 4 rings (SSSR count). The third kappa shape index (κ3) is 3.72. The molecule has 3 heterocycles. The second-order valence-corrected chi connectivity index (χ2v) is 7.99. The van der Waals surface area contributed by atoms with Gasteiger partial charge in [-0.3, -0.25) is 14.6 Å². The van der Waals surface area contributed by atoms with Crippen LogP contribution in [0, 0.1) is 0 Å². The van der Waals surface area contributed by atoms with Gasteiger partial charge in [-0.1, -0.05) is 0 Å². The van der Waals surface area contributed by atoms with E-state index >= 15 is 0 Å². The third-order valence-corrected chi connectivity index (χ3v) is 6.02. The lowest BCUT2D eigenvalue weighted by Gasteiger charge is -2.25. The molecule has 0 radical (unpaired) electrons. The average molecular weight is 346 g/mol. The third-order valence-electron chi connectivity index (χ3n) is 6.02. The molecule has 1 saturated carbocycles. The van der Waals surface area contributed by atoms with Gasteiger partial charge in [0.2, 0.25) is 5.91 Å². The summed E-state index contributed by atoms with van der Waals surface area (Å²) in [5.41, 5.74) is 0. The fourth-order valence-corrected chi connectivity index (χ4v) is 4.14. The van der Waals surface area contributed by atoms with Gasteiger partial charge in [-0.2, -0.15) is 0 Å². The molecule has 7 heteroatoms. The summed E-state index contributed by atoms with van der Waals surface area (Å²) in [7, 11) is 4.26. The zero-order chi connectivity index (χ0) is 17.4. The first-order valence-corrected chi connectivity index (χ1v) is 9.70. The van der Waals surface area contributed by atoms with E-state index in [-0.39, 0.29) is 0 Å². The highest BCUT2D eigenvalue weighted by Crippen LogP contribution is 2.38. The van der Waals surface area contributed by atoms with Gasteiger partial charge in [0.25, 0.3) is 0 Å². The fourth-order valence-electron chi connectivity index (χ4n) is 4.14. The molecule has 2 aliphatic heterocycles. The molecule has 3 aliphatic rings. The summed E-state index contributed by atoms with van der Waals surface area (Å²) in [4.78, 5) is 19.0. The van der Waals surface area contributed by atoms with Crippen LogP contribution in [-0.4, -0.2) is 81.2 Å². The van der Waals surface area contributed by atoms with Crippen LogP contribution in [0.1, 0.15) is 49.7 Å². The second-order valence-electron chi connectivity index (χ2n) is 7.99. The first kappa shape index (κ1) is 17.0. The van der Waals surface area contributed by atoms with Crippen LogP contribution in [0.25, 0.3) is 0 Å². The smallest absolute Gasteiger partial charge is 0.236 e. The SMILES string of the molecule is CN(Cc1nnc(C2CC2)n1C)[C@@H]1CCN(CC(=O)N2CCCC2)C1. The molecule has 0 spiro atoms. The van der Waals surface area contributed by atoms with E-state index < -0.39 is 0 Å². The minimum absolute atomic E-state index is 0.308. The van der Waals surface area contributed by atoms with Crippen LogP contribution in [0.15, 0.2) is 0 Å². The van der Waals surface area contributed by atoms with Gasteiger partial charge in [-0.05, 0) is 39.2 Å². The zero-order valence-corrected chi connectivity index (χ0v) is 15.5. The summed E-state index contributed by atoms with van der Waals surface area (Å²) in [6.07, 6.45) is 5.96. The average Bonchev–Trinajstić information content (AvgIpc) is 3.02. The molecule has 1 aromatic rings. The number of nitrogens with zero attached hydrogens (tertiary/aromatic N) is 6. The largest absolute Gasteiger partial charge is 0.342 e. The van der Waals surface area contributed by atoms with Crippen LogP contribution < -0.4 is 0 Å². The van der Waals surface area contributed by atoms with E-state index in [1.165, 1.54) is 12.8 Å². The van der Waals surface area contributed by atoms with Crippen molar-refractivity contribution in [2.45, 2.75) is 50.6 Å². The highest BCUT2D eigenvalue weighted by Gasteiger charge is 2.31. The Kier molecular flexibility index (Phi) is 4.78. The van der Waals surface area contributed by atoms with Crippen LogP contribution in [0.5, 0.6) is 0 Å². The molecule has 138 valence electrons. The second kappa shape index (κ2) is 7.03. The number of hydrogen-bond donors (Lipinski definition) is 0. The van der Waals surface area contributed by atoms with Gasteiger partial charge >= 0.3 is 0 Å². The lowest BCUT2D eigenvalue weighted by molar-refractivity contribution is -0.131. The van der Waals surface area contributed by atoms with Crippen molar-refractivity contribution in [2.24, 2.45) is 7.05 Å². The lowest BCUT2D eigenvalue weighted by Crippen LogP contribution is -2.40. The molecular formula is C18H30N6O. The van der Waals surface area contributed by atoms with Gasteiger partial charge in [0.1, 0.15) is 11.6 Å². The molecule has 3 fully saturated rings. The quantitative estimate of drug-likeness (QED) is 0.763. The van der Waals surface area contributed by atoms with E-state index in [0.717, 1.165) is 63.6 Å². The number of carbonyl (C=O) groups excluding carboxylic acids is 1. The number of hydrogen-bond acceptors (Lipinski definition) is 5. The Morgan fingerprint density at radius 3 is 2.64 bits per heavy atom. The fraction of sp³-hybridized carbons (Fsp3) is 0.833. The Morgan fingerprint density at radius 2 is 1.92 bits per heavy atom. The summed E-state index contributed by atoms with van der Waals surface area (Å²) in [6, 6.07) is 0.493. The van der Waals surface area contributed by atoms with Crippen LogP contribution in [0.2, 0.25) is 0 Å². The summed E-state index contributed by atoms with van der Waals surface area (Å²) in [5.74, 6) is 3.14. The standard InChI is InChI=1S/C18H30N6O/c1-21(12-16-19-20-18(22(16)2)14-5-6-14)15-7-10-23(11-15)13-17(25)24-8-3-4-9-24/h14-15H,3-13H2,1-2H3/t15-/m1/s1. The summed E-state index contributed by atoms with van der Waals surface area (Å²) < 4.78 is 2.18. The van der Waals surface area contributed by atoms with Crippen LogP contribution >= 0.6 is 0 Å². The van der Waals surface area contributed by atoms with E-state index in [2.05, 4.69) is 38.7 Å². The van der Waals surface area contributed by atoms with Gasteiger partial charge in [-0.25, -0.2) is 0 Å². The Balaban J connectivity index is 1.28. The first-order valence-electron chi connectivity index (χ1n) is 9.70. The van der Waals surface area contributed by atoms with E-state index in [4.69, 9.17) is 0 Å². The van der Waals surface area contributed by atoms with Crippen molar-refractivity contribution in [2.75, 3.05) is 39.8 Å². The monoisotopic (exact) mass is 346 g/mol. The molecule has 25 heavy (non-hydrogen) atoms. The van der Waals surface area contributed by atoms with Crippen LogP contribution in [-0.2, 0) is 18.4 Å². The van der Waals surface area contributed by atoms with E-state index in [1.807, 2.05) is 4.90 Å². The molecule has 1 atom stereocenters. The number of likely N-dealkylation sites (tertiary alicyclic amines) is 2. The van der Waals surface area contributed by atoms with Crippen molar-refractivity contribution in [3.63, 3.8) is 0 Å². The highest BCUT2D eigenvalue weighted by molar-refractivity contribution is 5.78. The molecular weight excluding hydrogens is 316 g/mol.